The summed E-state index contributed by atoms with van der Waals surface area (Å²) < 4.78 is 0.934. The largest absolute Gasteiger partial charge is 0.481 e. The van der Waals surface area contributed by atoms with E-state index in [2.05, 4.69) is 21.2 Å². The van der Waals surface area contributed by atoms with Gasteiger partial charge in [0.2, 0.25) is 5.91 Å². The average Bonchev–Trinajstić information content (AvgIpc) is 2.74. The smallest absolute Gasteiger partial charge is 0.307 e. The van der Waals surface area contributed by atoms with E-state index in [1.165, 1.54) is 0 Å². The molecule has 0 radical (unpaired) electrons. The van der Waals surface area contributed by atoms with Gasteiger partial charge in [0.1, 0.15) is 0 Å². The second kappa shape index (κ2) is 5.74. The zero-order valence-electron chi connectivity index (χ0n) is 10.6. The molecule has 1 aromatic carbocycles. The number of carbonyl (C=O) groups is 2. The van der Waals surface area contributed by atoms with E-state index in [0.717, 1.165) is 4.47 Å². The van der Waals surface area contributed by atoms with Gasteiger partial charge in [-0.3, -0.25) is 9.59 Å². The van der Waals surface area contributed by atoms with Crippen LogP contribution in [0.25, 0.3) is 0 Å². The molecule has 0 aliphatic heterocycles. The van der Waals surface area contributed by atoms with Gasteiger partial charge in [-0.15, -0.1) is 0 Å². The molecule has 1 fully saturated rings. The van der Waals surface area contributed by atoms with Gasteiger partial charge in [-0.1, -0.05) is 22.9 Å². The van der Waals surface area contributed by atoms with Gasteiger partial charge >= 0.3 is 5.97 Å². The molecule has 2 N–H and O–H groups in total. The van der Waals surface area contributed by atoms with Crippen LogP contribution in [-0.2, 0) is 9.59 Å². The van der Waals surface area contributed by atoms with Crippen molar-refractivity contribution >= 4 is 33.5 Å². The molecule has 1 aliphatic rings. The van der Waals surface area contributed by atoms with E-state index < -0.39 is 17.8 Å². The molecule has 5 heteroatoms. The van der Waals surface area contributed by atoms with E-state index in [1.54, 1.807) is 12.1 Å². The number of carboxylic acid groups (broad SMARTS) is 1. The highest BCUT2D eigenvalue weighted by Crippen LogP contribution is 2.37. The predicted molar refractivity (Wildman–Crippen MR) is 75.8 cm³/mol. The maximum atomic E-state index is 12.2. The van der Waals surface area contributed by atoms with Gasteiger partial charge in [0.25, 0.3) is 0 Å². The molecule has 1 aromatic rings. The second-order valence-corrected chi connectivity index (χ2v) is 6.04. The normalized spacial score (nSPS) is 26.1. The number of benzene rings is 1. The Morgan fingerprint density at radius 1 is 1.21 bits per heavy atom. The molecule has 2 rings (SSSR count). The lowest BCUT2D eigenvalue weighted by Gasteiger charge is -2.15. The van der Waals surface area contributed by atoms with E-state index in [4.69, 9.17) is 5.11 Å². The van der Waals surface area contributed by atoms with E-state index in [-0.39, 0.29) is 11.8 Å². The molecular formula is C14H16BrNO3. The van der Waals surface area contributed by atoms with Crippen LogP contribution in [0.3, 0.4) is 0 Å². The third-order valence-corrected chi connectivity index (χ3v) is 4.09. The fraction of sp³-hybridized carbons (Fsp3) is 0.429. The maximum absolute atomic E-state index is 12.2. The number of carbonyl (C=O) groups excluding carboxylic acids is 1. The average molecular weight is 326 g/mol. The first-order valence-electron chi connectivity index (χ1n) is 6.26. The van der Waals surface area contributed by atoms with Crippen molar-refractivity contribution in [2.45, 2.75) is 19.8 Å². The van der Waals surface area contributed by atoms with Gasteiger partial charge in [0.05, 0.1) is 11.8 Å². The third kappa shape index (κ3) is 3.35. The fourth-order valence-electron chi connectivity index (χ4n) is 2.62. The van der Waals surface area contributed by atoms with Crippen molar-refractivity contribution in [2.24, 2.45) is 17.8 Å². The van der Waals surface area contributed by atoms with Crippen LogP contribution in [0.2, 0.25) is 0 Å². The second-order valence-electron chi connectivity index (χ2n) is 5.12. The van der Waals surface area contributed by atoms with E-state index >= 15 is 0 Å². The van der Waals surface area contributed by atoms with Gasteiger partial charge in [-0.2, -0.15) is 0 Å². The topological polar surface area (TPSA) is 66.4 Å². The zero-order valence-corrected chi connectivity index (χ0v) is 12.2. The van der Waals surface area contributed by atoms with Gasteiger partial charge < -0.3 is 10.4 Å². The first kappa shape index (κ1) is 14.1. The molecule has 0 spiro atoms. The maximum Gasteiger partial charge on any atom is 0.307 e. The summed E-state index contributed by atoms with van der Waals surface area (Å²) in [5, 5.41) is 12.0. The Morgan fingerprint density at radius 2 is 1.79 bits per heavy atom. The Kier molecular flexibility index (Phi) is 4.24. The Morgan fingerprint density at radius 3 is 2.37 bits per heavy atom. The number of nitrogens with one attached hydrogen (secondary N) is 1. The lowest BCUT2D eigenvalue weighted by molar-refractivity contribution is -0.145. The predicted octanol–water partition coefficient (Wildman–Crippen LogP) is 3.13. The molecule has 0 aromatic heterocycles. The molecule has 0 saturated heterocycles. The van der Waals surface area contributed by atoms with Crippen molar-refractivity contribution in [2.75, 3.05) is 5.32 Å². The summed E-state index contributed by atoms with van der Waals surface area (Å²) in [5.74, 6) is -1.79. The number of aliphatic carboxylic acids is 1. The minimum atomic E-state index is -0.875. The number of carboxylic acids is 1. The number of hydrogen-bond donors (Lipinski definition) is 2. The van der Waals surface area contributed by atoms with Crippen molar-refractivity contribution in [1.29, 1.82) is 0 Å². The van der Waals surface area contributed by atoms with Crippen molar-refractivity contribution in [3.05, 3.63) is 28.7 Å². The highest BCUT2D eigenvalue weighted by Gasteiger charge is 2.41. The Balaban J connectivity index is 2.06. The first-order chi connectivity index (χ1) is 8.97. The van der Waals surface area contributed by atoms with Crippen LogP contribution in [0.4, 0.5) is 5.69 Å². The molecule has 4 nitrogen and oxygen atoms in total. The summed E-state index contributed by atoms with van der Waals surface area (Å²) >= 11 is 3.32. The summed E-state index contributed by atoms with van der Waals surface area (Å²) in [6.45, 7) is 1.99. The number of halogens is 1. The Bertz CT molecular complexity index is 486. The Hall–Kier alpha value is -1.36. The van der Waals surface area contributed by atoms with Crippen molar-refractivity contribution in [3.63, 3.8) is 0 Å². The highest BCUT2D eigenvalue weighted by atomic mass is 79.9. The van der Waals surface area contributed by atoms with Crippen LogP contribution in [-0.4, -0.2) is 17.0 Å². The monoisotopic (exact) mass is 325 g/mol. The Labute approximate surface area is 120 Å². The highest BCUT2D eigenvalue weighted by molar-refractivity contribution is 9.10. The molecule has 1 saturated carbocycles. The lowest BCUT2D eigenvalue weighted by Crippen LogP contribution is -2.29. The quantitative estimate of drug-likeness (QED) is 0.897. The number of rotatable bonds is 3. The molecular weight excluding hydrogens is 310 g/mol. The summed E-state index contributed by atoms with van der Waals surface area (Å²) in [6, 6.07) is 7.25. The van der Waals surface area contributed by atoms with Gasteiger partial charge in [-0.05, 0) is 43.0 Å². The van der Waals surface area contributed by atoms with Crippen molar-refractivity contribution < 1.29 is 14.7 Å². The molecule has 1 unspecified atom stereocenters. The summed E-state index contributed by atoms with van der Waals surface area (Å²) in [6.07, 6.45) is 1.22. The fourth-order valence-corrected chi connectivity index (χ4v) is 2.89. The van der Waals surface area contributed by atoms with E-state index in [1.807, 2.05) is 19.1 Å². The molecule has 3 atom stereocenters. The molecule has 1 amide bonds. The first-order valence-corrected chi connectivity index (χ1v) is 7.06. The molecule has 0 heterocycles. The van der Waals surface area contributed by atoms with Crippen LogP contribution in [0.1, 0.15) is 19.8 Å². The van der Waals surface area contributed by atoms with Gasteiger partial charge in [0.15, 0.2) is 0 Å². The summed E-state index contributed by atoms with van der Waals surface area (Å²) in [4.78, 5) is 23.3. The molecule has 102 valence electrons. The minimum Gasteiger partial charge on any atom is -0.481 e. The van der Waals surface area contributed by atoms with Gasteiger partial charge in [0, 0.05) is 10.2 Å². The number of amides is 1. The molecule has 0 bridgehead atoms. The third-order valence-electron chi connectivity index (χ3n) is 3.56. The minimum absolute atomic E-state index is 0.195. The van der Waals surface area contributed by atoms with Crippen molar-refractivity contribution in [1.82, 2.24) is 0 Å². The van der Waals surface area contributed by atoms with Crippen molar-refractivity contribution in [3.8, 4) is 0 Å². The van der Waals surface area contributed by atoms with E-state index in [9.17, 15) is 9.59 Å². The van der Waals surface area contributed by atoms with Crippen LogP contribution in [0, 0.1) is 17.8 Å². The van der Waals surface area contributed by atoms with E-state index in [0.29, 0.717) is 18.5 Å². The standard InChI is InChI=1S/C14H16BrNO3/c1-8-6-11(12(7-8)14(18)19)13(17)16-10-4-2-9(15)3-5-10/h2-5,8,11-12H,6-7H2,1H3,(H,16,17)(H,18,19)/t8?,11-,12+/m0/s1. The number of hydrogen-bond acceptors (Lipinski definition) is 2. The van der Waals surface area contributed by atoms with Crippen LogP contribution < -0.4 is 5.32 Å². The van der Waals surface area contributed by atoms with Gasteiger partial charge in [-0.25, -0.2) is 0 Å². The zero-order chi connectivity index (χ0) is 14.0. The molecule has 19 heavy (non-hydrogen) atoms. The van der Waals surface area contributed by atoms with Crippen LogP contribution >= 0.6 is 15.9 Å². The van der Waals surface area contributed by atoms with Crippen LogP contribution in [0.15, 0.2) is 28.7 Å². The lowest BCUT2D eigenvalue weighted by atomic mass is 9.95. The summed E-state index contributed by atoms with van der Waals surface area (Å²) in [5.41, 5.74) is 0.692. The summed E-state index contributed by atoms with van der Waals surface area (Å²) in [7, 11) is 0. The number of anilines is 1. The van der Waals surface area contributed by atoms with Crippen LogP contribution in [0.5, 0.6) is 0 Å². The molecule has 1 aliphatic carbocycles. The SMILES string of the molecule is CC1C[C@H](C(=O)Nc2ccc(Br)cc2)[C@H](C(=O)O)C1.